The van der Waals surface area contributed by atoms with Crippen LogP contribution in [0.3, 0.4) is 0 Å². The molecule has 1 nitrogen and oxygen atoms in total. The summed E-state index contributed by atoms with van der Waals surface area (Å²) < 4.78 is 13.3. The van der Waals surface area contributed by atoms with Crippen LogP contribution < -0.4 is 0 Å². The van der Waals surface area contributed by atoms with Gasteiger partial charge in [0.2, 0.25) is 0 Å². The molecule has 0 rings (SSSR count). The van der Waals surface area contributed by atoms with E-state index < -0.39 is 0 Å². The lowest BCUT2D eigenvalue weighted by Crippen LogP contribution is -1.82. The molecule has 78 valence electrons. The van der Waals surface area contributed by atoms with Crippen LogP contribution in [0.1, 0.15) is 13.8 Å². The van der Waals surface area contributed by atoms with Crippen molar-refractivity contribution >= 4 is 0 Å². The van der Waals surface area contributed by atoms with Crippen molar-refractivity contribution in [1.29, 1.82) is 5.26 Å². The number of hydrogen-bond acceptors (Lipinski definition) is 1. The molecular weight excluding hydrogens is 189 g/mol. The van der Waals surface area contributed by atoms with E-state index in [0.29, 0.717) is 16.7 Å². The normalized spacial score (nSPS) is 12.7. The molecule has 15 heavy (non-hydrogen) atoms. The molecule has 2 heteroatoms. The molecule has 0 aliphatic rings. The van der Waals surface area contributed by atoms with Crippen molar-refractivity contribution in [2.45, 2.75) is 13.8 Å². The second-order valence-electron chi connectivity index (χ2n) is 2.97. The third-order valence-corrected chi connectivity index (χ3v) is 1.78. The summed E-state index contributed by atoms with van der Waals surface area (Å²) in [5.41, 5.74) is 1.30. The highest BCUT2D eigenvalue weighted by atomic mass is 19.1. The van der Waals surface area contributed by atoms with E-state index in [4.69, 9.17) is 5.26 Å². The zero-order valence-corrected chi connectivity index (χ0v) is 9.05. The highest BCUT2D eigenvalue weighted by molar-refractivity contribution is 5.44. The highest BCUT2D eigenvalue weighted by Gasteiger charge is 1.99. The SMILES string of the molecule is C=C(C#N)/C=C\C(=C)/C(C)=C(F)/C=C\C. The van der Waals surface area contributed by atoms with Gasteiger partial charge >= 0.3 is 0 Å². The lowest BCUT2D eigenvalue weighted by atomic mass is 10.1. The smallest absolute Gasteiger partial charge is 0.126 e. The van der Waals surface area contributed by atoms with E-state index in [1.165, 1.54) is 12.2 Å². The Morgan fingerprint density at radius 3 is 2.33 bits per heavy atom. The van der Waals surface area contributed by atoms with Gasteiger partial charge in [-0.05, 0) is 37.1 Å². The van der Waals surface area contributed by atoms with E-state index in [1.54, 1.807) is 26.0 Å². The van der Waals surface area contributed by atoms with Crippen LogP contribution in [-0.4, -0.2) is 0 Å². The minimum atomic E-state index is -0.324. The third-order valence-electron chi connectivity index (χ3n) is 1.78. The standard InChI is InChI=1S/C13H14FN/c1-5-6-13(14)12(4)11(3)8-7-10(2)9-15/h5-8H,2-3H2,1,4H3/b6-5-,8-7-,13-12-. The van der Waals surface area contributed by atoms with Crippen LogP contribution in [0.2, 0.25) is 0 Å². The van der Waals surface area contributed by atoms with E-state index in [-0.39, 0.29) is 5.83 Å². The second-order valence-corrected chi connectivity index (χ2v) is 2.97. The summed E-state index contributed by atoms with van der Waals surface area (Å²) in [4.78, 5) is 0. The Morgan fingerprint density at radius 2 is 1.87 bits per heavy atom. The minimum Gasteiger partial charge on any atom is -0.207 e. The first-order valence-corrected chi connectivity index (χ1v) is 4.48. The maximum Gasteiger partial charge on any atom is 0.126 e. The first kappa shape index (κ1) is 13.1. The molecule has 0 heterocycles. The molecule has 0 N–H and O–H groups in total. The molecule has 0 saturated heterocycles. The van der Waals surface area contributed by atoms with Gasteiger partial charge in [0.15, 0.2) is 0 Å². The Bertz CT molecular complexity index is 389. The van der Waals surface area contributed by atoms with Crippen molar-refractivity contribution in [3.8, 4) is 6.07 Å². The Morgan fingerprint density at radius 1 is 1.27 bits per heavy atom. The summed E-state index contributed by atoms with van der Waals surface area (Å²) >= 11 is 0. The fourth-order valence-corrected chi connectivity index (χ4v) is 0.788. The summed E-state index contributed by atoms with van der Waals surface area (Å²) in [5, 5.41) is 8.45. The fraction of sp³-hybridized carbons (Fsp3) is 0.154. The van der Waals surface area contributed by atoms with Crippen molar-refractivity contribution in [2.75, 3.05) is 0 Å². The molecule has 0 bridgehead atoms. The summed E-state index contributed by atoms with van der Waals surface area (Å²) in [6.07, 6.45) is 6.07. The number of rotatable bonds is 4. The molecule has 0 aliphatic heterocycles. The average Bonchev–Trinajstić information content (AvgIpc) is 2.24. The van der Waals surface area contributed by atoms with Crippen LogP contribution in [0.25, 0.3) is 0 Å². The van der Waals surface area contributed by atoms with Crippen LogP contribution in [-0.2, 0) is 0 Å². The predicted octanol–water partition coefficient (Wildman–Crippen LogP) is 4.00. The van der Waals surface area contributed by atoms with Gasteiger partial charge in [0.1, 0.15) is 5.83 Å². The van der Waals surface area contributed by atoms with E-state index in [0.717, 1.165) is 0 Å². The summed E-state index contributed by atoms with van der Waals surface area (Å²) in [6.45, 7) is 10.5. The van der Waals surface area contributed by atoms with Gasteiger partial charge in [0.25, 0.3) is 0 Å². The van der Waals surface area contributed by atoms with Gasteiger partial charge in [-0.15, -0.1) is 0 Å². The molecule has 0 spiro atoms. The number of nitrogens with zero attached hydrogens (tertiary/aromatic N) is 1. The topological polar surface area (TPSA) is 23.8 Å². The maximum absolute atomic E-state index is 13.3. The third kappa shape index (κ3) is 4.78. The Kier molecular flexibility index (Phi) is 5.73. The van der Waals surface area contributed by atoms with Gasteiger partial charge in [-0.1, -0.05) is 25.3 Å². The molecule has 0 aliphatic carbocycles. The average molecular weight is 203 g/mol. The zero-order chi connectivity index (χ0) is 11.8. The second kappa shape index (κ2) is 6.56. The van der Waals surface area contributed by atoms with Crippen molar-refractivity contribution in [1.82, 2.24) is 0 Å². The van der Waals surface area contributed by atoms with Crippen LogP contribution in [0.4, 0.5) is 4.39 Å². The van der Waals surface area contributed by atoms with Gasteiger partial charge in [-0.2, -0.15) is 5.26 Å². The Labute approximate surface area is 90.2 Å². The lowest BCUT2D eigenvalue weighted by molar-refractivity contribution is 0.656. The van der Waals surface area contributed by atoms with Crippen molar-refractivity contribution in [3.05, 3.63) is 60.0 Å². The Hall–Kier alpha value is -1.88. The van der Waals surface area contributed by atoms with Crippen LogP contribution in [0.15, 0.2) is 60.0 Å². The molecule has 0 aromatic carbocycles. The molecule has 0 atom stereocenters. The largest absolute Gasteiger partial charge is 0.207 e. The van der Waals surface area contributed by atoms with Crippen molar-refractivity contribution < 1.29 is 4.39 Å². The molecular formula is C13H14FN. The van der Waals surface area contributed by atoms with Gasteiger partial charge in [0.05, 0.1) is 6.07 Å². The number of allylic oxidation sites excluding steroid dienone is 8. The number of nitriles is 1. The summed E-state index contributed by atoms with van der Waals surface area (Å²) in [7, 11) is 0. The Balaban J connectivity index is 4.76. The van der Waals surface area contributed by atoms with Gasteiger partial charge in [0, 0.05) is 5.57 Å². The van der Waals surface area contributed by atoms with E-state index in [1.807, 2.05) is 6.07 Å². The predicted molar refractivity (Wildman–Crippen MR) is 61.7 cm³/mol. The molecule has 0 aromatic rings. The van der Waals surface area contributed by atoms with Gasteiger partial charge in [-0.3, -0.25) is 0 Å². The van der Waals surface area contributed by atoms with E-state index in [2.05, 4.69) is 13.2 Å². The monoisotopic (exact) mass is 203 g/mol. The van der Waals surface area contributed by atoms with Crippen LogP contribution in [0, 0.1) is 11.3 Å². The van der Waals surface area contributed by atoms with Gasteiger partial charge < -0.3 is 0 Å². The van der Waals surface area contributed by atoms with E-state index in [9.17, 15) is 4.39 Å². The number of halogens is 1. The first-order valence-electron chi connectivity index (χ1n) is 4.48. The first-order chi connectivity index (χ1) is 7.02. The molecule has 0 unspecified atom stereocenters. The maximum atomic E-state index is 13.3. The molecule has 0 aromatic heterocycles. The molecule has 0 radical (unpaired) electrons. The lowest BCUT2D eigenvalue weighted by Gasteiger charge is -2.00. The van der Waals surface area contributed by atoms with Gasteiger partial charge in [-0.25, -0.2) is 4.39 Å². The zero-order valence-electron chi connectivity index (χ0n) is 9.05. The highest BCUT2D eigenvalue weighted by Crippen LogP contribution is 2.16. The summed E-state index contributed by atoms with van der Waals surface area (Å²) in [5.74, 6) is -0.324. The molecule has 0 amide bonds. The fourth-order valence-electron chi connectivity index (χ4n) is 0.788. The van der Waals surface area contributed by atoms with Crippen molar-refractivity contribution in [3.63, 3.8) is 0 Å². The molecule has 0 fully saturated rings. The van der Waals surface area contributed by atoms with E-state index >= 15 is 0 Å². The molecule has 0 saturated carbocycles. The van der Waals surface area contributed by atoms with Crippen LogP contribution >= 0.6 is 0 Å². The minimum absolute atomic E-state index is 0.315. The van der Waals surface area contributed by atoms with Crippen molar-refractivity contribution in [2.24, 2.45) is 0 Å². The summed E-state index contributed by atoms with van der Waals surface area (Å²) in [6, 6.07) is 1.87. The number of hydrogen-bond donors (Lipinski definition) is 0. The quantitative estimate of drug-likeness (QED) is 0.500. The van der Waals surface area contributed by atoms with Crippen LogP contribution in [0.5, 0.6) is 0 Å².